The third-order valence-corrected chi connectivity index (χ3v) is 7.40. The van der Waals surface area contributed by atoms with Crippen LogP contribution in [0.4, 0.5) is 11.4 Å². The summed E-state index contributed by atoms with van der Waals surface area (Å²) in [5, 5.41) is 6.95. The van der Waals surface area contributed by atoms with E-state index in [-0.39, 0.29) is 17.9 Å². The molecule has 37 heavy (non-hydrogen) atoms. The minimum atomic E-state index is -0.322. The van der Waals surface area contributed by atoms with E-state index < -0.39 is 0 Å². The fourth-order valence-corrected chi connectivity index (χ4v) is 5.60. The van der Waals surface area contributed by atoms with Crippen LogP contribution in [0.3, 0.4) is 0 Å². The summed E-state index contributed by atoms with van der Waals surface area (Å²) in [5.74, 6) is 1.20. The van der Waals surface area contributed by atoms with Crippen LogP contribution in [0.25, 0.3) is 0 Å². The second-order valence-electron chi connectivity index (χ2n) is 8.82. The lowest BCUT2D eigenvalue weighted by molar-refractivity contribution is -0.113. The van der Waals surface area contributed by atoms with E-state index in [1.807, 2.05) is 61.5 Å². The predicted molar refractivity (Wildman–Crippen MR) is 149 cm³/mol. The normalized spacial score (nSPS) is 17.0. The molecule has 1 unspecified atom stereocenters. The number of ether oxygens (including phenoxy) is 1. The summed E-state index contributed by atoms with van der Waals surface area (Å²) in [6, 6.07) is 23.8. The maximum Gasteiger partial charge on any atom is 0.255 e. The van der Waals surface area contributed by atoms with E-state index in [0.29, 0.717) is 28.3 Å². The number of amides is 2. The first kappa shape index (κ1) is 24.6. The van der Waals surface area contributed by atoms with Crippen molar-refractivity contribution in [2.24, 2.45) is 4.99 Å². The summed E-state index contributed by atoms with van der Waals surface area (Å²) in [5.41, 5.74) is 4.10. The van der Waals surface area contributed by atoms with Gasteiger partial charge in [0.05, 0.1) is 24.4 Å². The van der Waals surface area contributed by atoms with Gasteiger partial charge in [-0.1, -0.05) is 48.2 Å². The molecule has 1 atom stereocenters. The molecule has 0 spiro atoms. The van der Waals surface area contributed by atoms with E-state index >= 15 is 0 Å². The van der Waals surface area contributed by atoms with Crippen molar-refractivity contribution in [3.63, 3.8) is 0 Å². The zero-order valence-corrected chi connectivity index (χ0v) is 21.5. The fraction of sp³-hybridized carbons (Fsp3) is 0.207. The van der Waals surface area contributed by atoms with Gasteiger partial charge in [0.15, 0.2) is 5.17 Å². The number of thioether (sulfide) groups is 1. The third-order valence-electron chi connectivity index (χ3n) is 6.33. The molecule has 3 aromatic rings. The lowest BCUT2D eigenvalue weighted by Crippen LogP contribution is -2.43. The number of nitrogens with zero attached hydrogens (tertiary/aromatic N) is 2. The van der Waals surface area contributed by atoms with Gasteiger partial charge in [0, 0.05) is 29.2 Å². The number of amidine groups is 1. The van der Waals surface area contributed by atoms with Crippen LogP contribution in [0.2, 0.25) is 0 Å². The molecule has 2 aliphatic rings. The van der Waals surface area contributed by atoms with Crippen LogP contribution >= 0.6 is 11.8 Å². The lowest BCUT2D eigenvalue weighted by atomic mass is 9.93. The number of rotatable bonds is 6. The molecule has 2 aliphatic heterocycles. The minimum Gasteiger partial charge on any atom is -0.497 e. The lowest BCUT2D eigenvalue weighted by Gasteiger charge is -2.41. The summed E-state index contributed by atoms with van der Waals surface area (Å²) >= 11 is 1.71. The fourth-order valence-electron chi connectivity index (χ4n) is 4.58. The maximum absolute atomic E-state index is 13.6. The molecule has 0 saturated carbocycles. The summed E-state index contributed by atoms with van der Waals surface area (Å²) in [7, 11) is 1.57. The molecule has 7 nitrogen and oxygen atoms in total. The van der Waals surface area contributed by atoms with Crippen LogP contribution in [-0.4, -0.2) is 41.3 Å². The first-order valence-corrected chi connectivity index (χ1v) is 13.1. The van der Waals surface area contributed by atoms with E-state index in [1.165, 1.54) is 0 Å². The van der Waals surface area contributed by atoms with Gasteiger partial charge in [0.25, 0.3) is 11.8 Å². The smallest absolute Gasteiger partial charge is 0.255 e. The number of aliphatic imine (C=N–C) groups is 1. The van der Waals surface area contributed by atoms with Gasteiger partial charge in [-0.15, -0.1) is 0 Å². The maximum atomic E-state index is 13.6. The van der Waals surface area contributed by atoms with Gasteiger partial charge in [-0.25, -0.2) is 4.99 Å². The van der Waals surface area contributed by atoms with E-state index in [2.05, 4.69) is 15.5 Å². The SMILES string of the molecule is COc1cccc(C(=O)Nc2cccc(C3C(C(=O)Nc4ccccc4)=C(C)N=C4SCCCN43)c2)c1. The van der Waals surface area contributed by atoms with Crippen molar-refractivity contribution in [1.29, 1.82) is 0 Å². The van der Waals surface area contributed by atoms with Gasteiger partial charge in [0.1, 0.15) is 5.75 Å². The molecule has 5 rings (SSSR count). The molecule has 0 radical (unpaired) electrons. The Morgan fingerprint density at radius 2 is 1.70 bits per heavy atom. The van der Waals surface area contributed by atoms with Gasteiger partial charge < -0.3 is 20.3 Å². The third kappa shape index (κ3) is 5.39. The monoisotopic (exact) mass is 512 g/mol. The average Bonchev–Trinajstić information content (AvgIpc) is 2.93. The van der Waals surface area contributed by atoms with E-state index in [9.17, 15) is 9.59 Å². The van der Waals surface area contributed by atoms with Gasteiger partial charge >= 0.3 is 0 Å². The number of para-hydroxylation sites is 1. The minimum absolute atomic E-state index is 0.183. The van der Waals surface area contributed by atoms with Crippen LogP contribution < -0.4 is 15.4 Å². The molecule has 1 saturated heterocycles. The van der Waals surface area contributed by atoms with Crippen molar-refractivity contribution < 1.29 is 14.3 Å². The van der Waals surface area contributed by atoms with E-state index in [4.69, 9.17) is 9.73 Å². The van der Waals surface area contributed by atoms with Crippen molar-refractivity contribution >= 4 is 40.1 Å². The number of fused-ring (bicyclic) bond motifs is 1. The molecular formula is C29H28N4O3S. The first-order valence-electron chi connectivity index (χ1n) is 12.1. The summed E-state index contributed by atoms with van der Waals surface area (Å²) in [6.45, 7) is 2.69. The molecule has 2 N–H and O–H groups in total. The number of benzene rings is 3. The molecule has 3 aromatic carbocycles. The molecule has 0 aromatic heterocycles. The topological polar surface area (TPSA) is 83.0 Å². The second kappa shape index (κ2) is 10.9. The number of carbonyl (C=O) groups is 2. The van der Waals surface area contributed by atoms with Gasteiger partial charge in [0.2, 0.25) is 0 Å². The van der Waals surface area contributed by atoms with Crippen LogP contribution in [-0.2, 0) is 4.79 Å². The van der Waals surface area contributed by atoms with Crippen molar-refractivity contribution in [2.45, 2.75) is 19.4 Å². The van der Waals surface area contributed by atoms with E-state index in [0.717, 1.165) is 35.1 Å². The number of carbonyl (C=O) groups excluding carboxylic acids is 2. The zero-order valence-electron chi connectivity index (χ0n) is 20.7. The molecule has 2 heterocycles. The van der Waals surface area contributed by atoms with Crippen molar-refractivity contribution in [1.82, 2.24) is 4.90 Å². The van der Waals surface area contributed by atoms with Gasteiger partial charge in [-0.05, 0) is 61.4 Å². The summed E-state index contributed by atoms with van der Waals surface area (Å²) in [4.78, 5) is 33.5. The standard InChI is InChI=1S/C29H28N4O3S/c1-19-25(28(35)31-22-11-4-3-5-12-22)26(33-15-8-16-37-29(33)30-19)20-9-6-13-23(17-20)32-27(34)21-10-7-14-24(18-21)36-2/h3-7,9-14,17-18,26H,8,15-16H2,1-2H3,(H,31,35)(H,32,34). The molecular weight excluding hydrogens is 484 g/mol. The Balaban J connectivity index is 1.47. The highest BCUT2D eigenvalue weighted by Crippen LogP contribution is 2.40. The number of allylic oxidation sites excluding steroid dienone is 1. The van der Waals surface area contributed by atoms with Gasteiger partial charge in [-0.2, -0.15) is 0 Å². The molecule has 2 amide bonds. The number of anilines is 2. The van der Waals surface area contributed by atoms with E-state index in [1.54, 1.807) is 43.1 Å². The van der Waals surface area contributed by atoms with Crippen molar-refractivity contribution in [3.05, 3.63) is 101 Å². The summed E-state index contributed by atoms with van der Waals surface area (Å²) < 4.78 is 5.25. The Bertz CT molecular complexity index is 1390. The highest BCUT2D eigenvalue weighted by molar-refractivity contribution is 8.13. The highest BCUT2D eigenvalue weighted by Gasteiger charge is 2.37. The van der Waals surface area contributed by atoms with Crippen molar-refractivity contribution in [3.8, 4) is 5.75 Å². The highest BCUT2D eigenvalue weighted by atomic mass is 32.2. The molecule has 0 aliphatic carbocycles. The number of hydrogen-bond acceptors (Lipinski definition) is 6. The largest absolute Gasteiger partial charge is 0.497 e. The Morgan fingerprint density at radius 3 is 2.51 bits per heavy atom. The number of methoxy groups -OCH3 is 1. The molecule has 8 heteroatoms. The second-order valence-corrected chi connectivity index (χ2v) is 9.89. The Morgan fingerprint density at radius 1 is 0.946 bits per heavy atom. The van der Waals surface area contributed by atoms with Crippen LogP contribution in [0.15, 0.2) is 95.1 Å². The molecule has 188 valence electrons. The number of nitrogens with one attached hydrogen (secondary N) is 2. The Labute approximate surface area is 220 Å². The Kier molecular flexibility index (Phi) is 7.28. The molecule has 1 fully saturated rings. The van der Waals surface area contributed by atoms with Crippen LogP contribution in [0, 0.1) is 0 Å². The van der Waals surface area contributed by atoms with Crippen LogP contribution in [0.5, 0.6) is 5.75 Å². The first-order chi connectivity index (χ1) is 18.0. The quantitative estimate of drug-likeness (QED) is 0.442. The number of hydrogen-bond donors (Lipinski definition) is 2. The van der Waals surface area contributed by atoms with Crippen LogP contribution in [0.1, 0.15) is 35.3 Å². The average molecular weight is 513 g/mol. The predicted octanol–water partition coefficient (Wildman–Crippen LogP) is 5.71. The zero-order chi connectivity index (χ0) is 25.8. The summed E-state index contributed by atoms with van der Waals surface area (Å²) in [6.07, 6.45) is 0.999. The van der Waals surface area contributed by atoms with Crippen molar-refractivity contribution in [2.75, 3.05) is 30.0 Å². The van der Waals surface area contributed by atoms with Gasteiger partial charge in [-0.3, -0.25) is 9.59 Å². The Hall–Kier alpha value is -4.04. The molecule has 0 bridgehead atoms.